The summed E-state index contributed by atoms with van der Waals surface area (Å²) >= 11 is 18.5. The number of nitrogens with zero attached hydrogens (tertiary/aromatic N) is 3. The van der Waals surface area contributed by atoms with Crippen molar-refractivity contribution in [3.8, 4) is 6.07 Å². The van der Waals surface area contributed by atoms with Crippen LogP contribution in [0.25, 0.3) is 0 Å². The predicted molar refractivity (Wildman–Crippen MR) is 99.0 cm³/mol. The summed E-state index contributed by atoms with van der Waals surface area (Å²) in [5, 5.41) is 9.59. The molecule has 0 saturated heterocycles. The van der Waals surface area contributed by atoms with Gasteiger partial charge in [-0.15, -0.1) is 0 Å². The standard InChI is InChI=1S/C18H12Cl3N3O/c19-15-14(9-22)16(20)18(23-17(15)21)24(11-13-7-4-8-25-13)10-12-5-2-1-3-6-12/h1-8H,10-11H2. The summed E-state index contributed by atoms with van der Waals surface area (Å²) in [5.74, 6) is 1.12. The Labute approximate surface area is 160 Å². The maximum absolute atomic E-state index is 9.33. The van der Waals surface area contributed by atoms with E-state index in [1.165, 1.54) is 0 Å². The third kappa shape index (κ3) is 3.91. The Morgan fingerprint density at radius 2 is 1.76 bits per heavy atom. The van der Waals surface area contributed by atoms with E-state index < -0.39 is 0 Å². The molecule has 3 rings (SSSR count). The zero-order valence-corrected chi connectivity index (χ0v) is 15.2. The fraction of sp³-hybridized carbons (Fsp3) is 0.111. The average Bonchev–Trinajstić information content (AvgIpc) is 3.12. The molecule has 0 fully saturated rings. The number of anilines is 1. The van der Waals surface area contributed by atoms with E-state index in [1.807, 2.05) is 47.4 Å². The molecule has 0 atom stereocenters. The molecule has 0 aliphatic heterocycles. The van der Waals surface area contributed by atoms with Gasteiger partial charge >= 0.3 is 0 Å². The number of hydrogen-bond donors (Lipinski definition) is 0. The van der Waals surface area contributed by atoms with Gasteiger partial charge in [0.2, 0.25) is 0 Å². The summed E-state index contributed by atoms with van der Waals surface area (Å²) in [6.45, 7) is 0.925. The van der Waals surface area contributed by atoms with Gasteiger partial charge in [0.25, 0.3) is 0 Å². The molecule has 0 bridgehead atoms. The van der Waals surface area contributed by atoms with E-state index in [4.69, 9.17) is 39.2 Å². The Bertz CT molecular complexity index is 906. The maximum Gasteiger partial charge on any atom is 0.151 e. The molecule has 0 N–H and O–H groups in total. The van der Waals surface area contributed by atoms with Gasteiger partial charge in [0.1, 0.15) is 16.9 Å². The van der Waals surface area contributed by atoms with Gasteiger partial charge in [0.05, 0.1) is 23.4 Å². The van der Waals surface area contributed by atoms with Crippen LogP contribution in [0.2, 0.25) is 15.2 Å². The third-order valence-electron chi connectivity index (χ3n) is 3.57. The molecular weight excluding hydrogens is 381 g/mol. The van der Waals surface area contributed by atoms with Gasteiger partial charge in [-0.1, -0.05) is 65.1 Å². The lowest BCUT2D eigenvalue weighted by molar-refractivity contribution is 0.500. The quantitative estimate of drug-likeness (QED) is 0.522. The number of nitriles is 1. The van der Waals surface area contributed by atoms with Crippen LogP contribution in [0.3, 0.4) is 0 Å². The largest absolute Gasteiger partial charge is 0.467 e. The molecule has 4 nitrogen and oxygen atoms in total. The average molecular weight is 393 g/mol. The van der Waals surface area contributed by atoms with Crippen molar-refractivity contribution in [1.29, 1.82) is 5.26 Å². The molecule has 126 valence electrons. The molecule has 0 aliphatic carbocycles. The molecule has 7 heteroatoms. The first-order chi connectivity index (χ1) is 12.1. The molecule has 1 aromatic carbocycles. The van der Waals surface area contributed by atoms with Crippen molar-refractivity contribution in [3.05, 3.63) is 80.8 Å². The van der Waals surface area contributed by atoms with E-state index in [2.05, 4.69) is 4.98 Å². The van der Waals surface area contributed by atoms with Crippen LogP contribution in [0.1, 0.15) is 16.9 Å². The molecule has 0 spiro atoms. The zero-order chi connectivity index (χ0) is 17.8. The number of hydrogen-bond acceptors (Lipinski definition) is 4. The van der Waals surface area contributed by atoms with Crippen molar-refractivity contribution in [2.45, 2.75) is 13.1 Å². The molecule has 0 amide bonds. The molecule has 0 saturated carbocycles. The van der Waals surface area contributed by atoms with Crippen LogP contribution in [0.4, 0.5) is 5.82 Å². The highest BCUT2D eigenvalue weighted by molar-refractivity contribution is 6.44. The van der Waals surface area contributed by atoms with E-state index in [9.17, 15) is 5.26 Å². The fourth-order valence-electron chi connectivity index (χ4n) is 2.41. The minimum atomic E-state index is 0.0372. The summed E-state index contributed by atoms with van der Waals surface area (Å²) < 4.78 is 5.44. The molecule has 3 aromatic rings. The minimum absolute atomic E-state index is 0.0372. The Hall–Kier alpha value is -2.19. The van der Waals surface area contributed by atoms with Gasteiger partial charge in [-0.05, 0) is 17.7 Å². The normalized spacial score (nSPS) is 10.5. The topological polar surface area (TPSA) is 53.1 Å². The van der Waals surface area contributed by atoms with Gasteiger partial charge in [-0.25, -0.2) is 4.98 Å². The summed E-state index contributed by atoms with van der Waals surface area (Å²) in [5.41, 5.74) is 1.16. The van der Waals surface area contributed by atoms with Crippen LogP contribution in [0.5, 0.6) is 0 Å². The maximum atomic E-state index is 9.33. The van der Waals surface area contributed by atoms with Crippen molar-refractivity contribution in [2.24, 2.45) is 0 Å². The van der Waals surface area contributed by atoms with Crippen LogP contribution < -0.4 is 4.90 Å². The SMILES string of the molecule is N#Cc1c(Cl)c(Cl)nc(N(Cc2ccccc2)Cc2ccco2)c1Cl. The van der Waals surface area contributed by atoms with Crippen LogP contribution in [-0.2, 0) is 13.1 Å². The predicted octanol–water partition coefficient (Wildman–Crippen LogP) is 5.71. The van der Waals surface area contributed by atoms with Crippen molar-refractivity contribution >= 4 is 40.6 Å². The molecule has 0 aliphatic rings. The van der Waals surface area contributed by atoms with Crippen LogP contribution >= 0.6 is 34.8 Å². The number of rotatable bonds is 5. The fourth-order valence-corrected chi connectivity index (χ4v) is 3.11. The van der Waals surface area contributed by atoms with Crippen molar-refractivity contribution < 1.29 is 4.42 Å². The second-order valence-corrected chi connectivity index (χ2v) is 6.38. The van der Waals surface area contributed by atoms with Gasteiger partial charge in [0.15, 0.2) is 11.0 Å². The zero-order valence-electron chi connectivity index (χ0n) is 12.9. The Morgan fingerprint density at radius 3 is 2.40 bits per heavy atom. The lowest BCUT2D eigenvalue weighted by Crippen LogP contribution is -2.23. The van der Waals surface area contributed by atoms with Gasteiger partial charge < -0.3 is 9.32 Å². The molecule has 2 aromatic heterocycles. The first-order valence-electron chi connectivity index (χ1n) is 7.36. The highest BCUT2D eigenvalue weighted by Crippen LogP contribution is 2.37. The Morgan fingerprint density at radius 1 is 1.00 bits per heavy atom. The van der Waals surface area contributed by atoms with Crippen molar-refractivity contribution in [2.75, 3.05) is 4.90 Å². The van der Waals surface area contributed by atoms with Crippen molar-refractivity contribution in [3.63, 3.8) is 0 Å². The minimum Gasteiger partial charge on any atom is -0.467 e. The Kier molecular flexibility index (Phi) is 5.50. The molecule has 0 radical (unpaired) electrons. The van der Waals surface area contributed by atoms with E-state index in [1.54, 1.807) is 12.3 Å². The lowest BCUT2D eigenvalue weighted by Gasteiger charge is -2.24. The highest BCUT2D eigenvalue weighted by atomic mass is 35.5. The van der Waals surface area contributed by atoms with E-state index in [0.717, 1.165) is 11.3 Å². The molecule has 2 heterocycles. The Balaban J connectivity index is 2.05. The summed E-state index contributed by atoms with van der Waals surface area (Å²) in [6.07, 6.45) is 1.60. The molecular formula is C18H12Cl3N3O. The first kappa shape index (κ1) is 17.6. The van der Waals surface area contributed by atoms with Gasteiger partial charge in [0, 0.05) is 6.54 Å². The van der Waals surface area contributed by atoms with Crippen molar-refractivity contribution in [1.82, 2.24) is 4.98 Å². The van der Waals surface area contributed by atoms with Crippen LogP contribution in [-0.4, -0.2) is 4.98 Å². The van der Waals surface area contributed by atoms with E-state index >= 15 is 0 Å². The monoisotopic (exact) mass is 391 g/mol. The number of halogens is 3. The number of pyridine rings is 1. The molecule has 0 unspecified atom stereocenters. The smallest absolute Gasteiger partial charge is 0.151 e. The number of furan rings is 1. The van der Waals surface area contributed by atoms with Crippen LogP contribution in [0, 0.1) is 11.3 Å². The first-order valence-corrected chi connectivity index (χ1v) is 8.49. The molecule has 25 heavy (non-hydrogen) atoms. The number of benzene rings is 1. The van der Waals surface area contributed by atoms with E-state index in [0.29, 0.717) is 18.9 Å². The van der Waals surface area contributed by atoms with Gasteiger partial charge in [-0.2, -0.15) is 5.26 Å². The highest BCUT2D eigenvalue weighted by Gasteiger charge is 2.22. The second-order valence-electron chi connectivity index (χ2n) is 5.26. The van der Waals surface area contributed by atoms with Crippen LogP contribution in [0.15, 0.2) is 53.1 Å². The summed E-state index contributed by atoms with van der Waals surface area (Å²) in [4.78, 5) is 6.18. The summed E-state index contributed by atoms with van der Waals surface area (Å²) in [7, 11) is 0. The second kappa shape index (κ2) is 7.79. The summed E-state index contributed by atoms with van der Waals surface area (Å²) in [6, 6.07) is 15.5. The van der Waals surface area contributed by atoms with E-state index in [-0.39, 0.29) is 20.8 Å². The lowest BCUT2D eigenvalue weighted by atomic mass is 10.2. The third-order valence-corrected chi connectivity index (χ3v) is 4.67. The van der Waals surface area contributed by atoms with Gasteiger partial charge in [-0.3, -0.25) is 0 Å². The number of aromatic nitrogens is 1.